The van der Waals surface area contributed by atoms with Gasteiger partial charge in [0.2, 0.25) is 0 Å². The minimum atomic E-state index is -0.542. The van der Waals surface area contributed by atoms with Gasteiger partial charge in [-0.2, -0.15) is 0 Å². The SMILES string of the molecule is CCC1=CC=CC(N)(CO)C1C. The lowest BCUT2D eigenvalue weighted by atomic mass is 9.77. The average Bonchev–Trinajstić information content (AvgIpc) is 2.10. The van der Waals surface area contributed by atoms with Gasteiger partial charge >= 0.3 is 0 Å². The van der Waals surface area contributed by atoms with Gasteiger partial charge in [-0.25, -0.2) is 0 Å². The van der Waals surface area contributed by atoms with E-state index in [-0.39, 0.29) is 12.5 Å². The van der Waals surface area contributed by atoms with Crippen molar-refractivity contribution in [3.8, 4) is 0 Å². The maximum Gasteiger partial charge on any atom is 0.0653 e. The number of nitrogens with two attached hydrogens (primary N) is 1. The van der Waals surface area contributed by atoms with Crippen molar-refractivity contribution in [2.75, 3.05) is 6.61 Å². The zero-order valence-electron chi connectivity index (χ0n) is 7.75. The molecule has 0 bridgehead atoms. The van der Waals surface area contributed by atoms with Crippen LogP contribution in [0.3, 0.4) is 0 Å². The number of aliphatic hydroxyl groups is 1. The summed E-state index contributed by atoms with van der Waals surface area (Å²) >= 11 is 0. The summed E-state index contributed by atoms with van der Waals surface area (Å²) in [6.45, 7) is 4.19. The molecule has 2 nitrogen and oxygen atoms in total. The molecule has 0 spiro atoms. The molecule has 0 aromatic heterocycles. The third-order valence-corrected chi connectivity index (χ3v) is 2.76. The average molecular weight is 167 g/mol. The zero-order chi connectivity index (χ0) is 9.19. The molecule has 2 heteroatoms. The minimum absolute atomic E-state index is 0.0159. The molecule has 2 unspecified atom stereocenters. The summed E-state index contributed by atoms with van der Waals surface area (Å²) in [4.78, 5) is 0. The molecule has 12 heavy (non-hydrogen) atoms. The van der Waals surface area contributed by atoms with Crippen LogP contribution in [0.2, 0.25) is 0 Å². The van der Waals surface area contributed by atoms with Crippen LogP contribution in [0.4, 0.5) is 0 Å². The van der Waals surface area contributed by atoms with Crippen LogP contribution in [-0.2, 0) is 0 Å². The molecule has 1 rings (SSSR count). The van der Waals surface area contributed by atoms with Crippen LogP contribution in [-0.4, -0.2) is 17.3 Å². The Hall–Kier alpha value is -0.600. The summed E-state index contributed by atoms with van der Waals surface area (Å²) in [5, 5.41) is 9.13. The number of allylic oxidation sites excluding steroid dienone is 2. The number of rotatable bonds is 2. The van der Waals surface area contributed by atoms with Crippen LogP contribution in [0.25, 0.3) is 0 Å². The van der Waals surface area contributed by atoms with Crippen molar-refractivity contribution in [1.29, 1.82) is 0 Å². The first-order chi connectivity index (χ1) is 5.64. The standard InChI is InChI=1S/C10H17NO/c1-3-9-5-4-6-10(11,7-12)8(9)2/h4-6,8,12H,3,7,11H2,1-2H3. The van der Waals surface area contributed by atoms with Crippen LogP contribution in [0, 0.1) is 5.92 Å². The van der Waals surface area contributed by atoms with E-state index >= 15 is 0 Å². The third kappa shape index (κ3) is 1.45. The normalized spacial score (nSPS) is 35.0. The molecule has 0 amide bonds. The van der Waals surface area contributed by atoms with Crippen LogP contribution >= 0.6 is 0 Å². The van der Waals surface area contributed by atoms with Crippen molar-refractivity contribution >= 4 is 0 Å². The van der Waals surface area contributed by atoms with Crippen molar-refractivity contribution in [1.82, 2.24) is 0 Å². The Balaban J connectivity index is 2.87. The summed E-state index contributed by atoms with van der Waals surface area (Å²) in [5.74, 6) is 0.248. The van der Waals surface area contributed by atoms with Gasteiger partial charge in [0.05, 0.1) is 12.1 Å². The fourth-order valence-electron chi connectivity index (χ4n) is 1.60. The molecule has 1 aliphatic rings. The number of hydrogen-bond donors (Lipinski definition) is 2. The molecule has 0 aromatic rings. The van der Waals surface area contributed by atoms with Gasteiger partial charge in [-0.15, -0.1) is 0 Å². The van der Waals surface area contributed by atoms with Crippen LogP contribution in [0.5, 0.6) is 0 Å². The van der Waals surface area contributed by atoms with E-state index < -0.39 is 5.54 Å². The van der Waals surface area contributed by atoms with Crippen LogP contribution in [0.15, 0.2) is 23.8 Å². The van der Waals surface area contributed by atoms with E-state index in [2.05, 4.69) is 19.9 Å². The highest BCUT2D eigenvalue weighted by molar-refractivity contribution is 5.29. The molecule has 0 fully saturated rings. The number of hydrogen-bond acceptors (Lipinski definition) is 2. The zero-order valence-corrected chi connectivity index (χ0v) is 7.75. The molecule has 3 N–H and O–H groups in total. The Morgan fingerprint density at radius 3 is 2.83 bits per heavy atom. The topological polar surface area (TPSA) is 46.2 Å². The first-order valence-corrected chi connectivity index (χ1v) is 4.42. The second kappa shape index (κ2) is 3.42. The first kappa shape index (κ1) is 9.49. The summed E-state index contributed by atoms with van der Waals surface area (Å²) in [6, 6.07) is 0. The van der Waals surface area contributed by atoms with Crippen LogP contribution < -0.4 is 5.73 Å². The van der Waals surface area contributed by atoms with E-state index in [1.807, 2.05) is 12.2 Å². The molecule has 2 atom stereocenters. The monoisotopic (exact) mass is 167 g/mol. The Bertz CT molecular complexity index is 220. The van der Waals surface area contributed by atoms with Crippen molar-refractivity contribution in [3.63, 3.8) is 0 Å². The lowest BCUT2D eigenvalue weighted by molar-refractivity contribution is 0.194. The molecule has 0 saturated heterocycles. The highest BCUT2D eigenvalue weighted by atomic mass is 16.3. The quantitative estimate of drug-likeness (QED) is 0.649. The fraction of sp³-hybridized carbons (Fsp3) is 0.600. The Morgan fingerprint density at radius 2 is 2.33 bits per heavy atom. The summed E-state index contributed by atoms with van der Waals surface area (Å²) < 4.78 is 0. The van der Waals surface area contributed by atoms with E-state index in [1.165, 1.54) is 5.57 Å². The fourth-order valence-corrected chi connectivity index (χ4v) is 1.60. The van der Waals surface area contributed by atoms with Gasteiger partial charge in [0.15, 0.2) is 0 Å². The molecular weight excluding hydrogens is 150 g/mol. The van der Waals surface area contributed by atoms with E-state index in [9.17, 15) is 0 Å². The molecule has 68 valence electrons. The highest BCUT2D eigenvalue weighted by Gasteiger charge is 2.31. The third-order valence-electron chi connectivity index (χ3n) is 2.76. The van der Waals surface area contributed by atoms with E-state index in [4.69, 9.17) is 10.8 Å². The predicted octanol–water partition coefficient (Wildman–Crippen LogP) is 1.22. The second-order valence-corrected chi connectivity index (χ2v) is 3.45. The Kier molecular flexibility index (Phi) is 2.70. The molecule has 1 aliphatic carbocycles. The van der Waals surface area contributed by atoms with E-state index in [1.54, 1.807) is 0 Å². The Morgan fingerprint density at radius 1 is 1.67 bits per heavy atom. The maximum atomic E-state index is 9.13. The minimum Gasteiger partial charge on any atom is -0.394 e. The summed E-state index contributed by atoms with van der Waals surface area (Å²) in [5.41, 5.74) is 6.76. The van der Waals surface area contributed by atoms with Crippen molar-refractivity contribution < 1.29 is 5.11 Å². The lowest BCUT2D eigenvalue weighted by Crippen LogP contribution is -2.49. The lowest BCUT2D eigenvalue weighted by Gasteiger charge is -2.34. The maximum absolute atomic E-state index is 9.13. The van der Waals surface area contributed by atoms with Gasteiger partial charge in [0.1, 0.15) is 0 Å². The molecular formula is C10H17NO. The molecule has 0 saturated carbocycles. The van der Waals surface area contributed by atoms with Gasteiger partial charge in [0.25, 0.3) is 0 Å². The Labute approximate surface area is 73.8 Å². The first-order valence-electron chi connectivity index (χ1n) is 4.42. The molecule has 0 radical (unpaired) electrons. The van der Waals surface area contributed by atoms with Crippen molar-refractivity contribution in [2.24, 2.45) is 11.7 Å². The van der Waals surface area contributed by atoms with Crippen LogP contribution in [0.1, 0.15) is 20.3 Å². The highest BCUT2D eigenvalue weighted by Crippen LogP contribution is 2.29. The van der Waals surface area contributed by atoms with Gasteiger partial charge in [-0.1, -0.05) is 37.6 Å². The van der Waals surface area contributed by atoms with E-state index in [0.717, 1.165) is 6.42 Å². The molecule has 0 aromatic carbocycles. The largest absolute Gasteiger partial charge is 0.394 e. The van der Waals surface area contributed by atoms with Crippen molar-refractivity contribution in [2.45, 2.75) is 25.8 Å². The van der Waals surface area contributed by atoms with Gasteiger partial charge in [-0.3, -0.25) is 0 Å². The smallest absolute Gasteiger partial charge is 0.0653 e. The van der Waals surface area contributed by atoms with E-state index in [0.29, 0.717) is 0 Å². The van der Waals surface area contributed by atoms with Gasteiger partial charge < -0.3 is 10.8 Å². The second-order valence-electron chi connectivity index (χ2n) is 3.45. The van der Waals surface area contributed by atoms with Gasteiger partial charge in [-0.05, 0) is 6.42 Å². The molecule has 0 heterocycles. The number of aliphatic hydroxyl groups excluding tert-OH is 1. The summed E-state index contributed by atoms with van der Waals surface area (Å²) in [7, 11) is 0. The summed E-state index contributed by atoms with van der Waals surface area (Å²) in [6.07, 6.45) is 6.92. The molecule has 0 aliphatic heterocycles. The predicted molar refractivity (Wildman–Crippen MR) is 50.7 cm³/mol. The van der Waals surface area contributed by atoms with Crippen molar-refractivity contribution in [3.05, 3.63) is 23.8 Å². The van der Waals surface area contributed by atoms with Gasteiger partial charge in [0, 0.05) is 5.92 Å².